The fourth-order valence-electron chi connectivity index (χ4n) is 1.47. The second-order valence-electron chi connectivity index (χ2n) is 4.88. The molecule has 0 saturated heterocycles. The van der Waals surface area contributed by atoms with Crippen LogP contribution < -0.4 is 10.9 Å². The molecule has 0 aliphatic heterocycles. The van der Waals surface area contributed by atoms with Crippen LogP contribution in [0.4, 0.5) is 5.82 Å². The highest BCUT2D eigenvalue weighted by atomic mass is 16.5. The quantitative estimate of drug-likeness (QED) is 0.720. The highest BCUT2D eigenvalue weighted by molar-refractivity contribution is 5.30. The Labute approximate surface area is 107 Å². The molecule has 18 heavy (non-hydrogen) atoms. The van der Waals surface area contributed by atoms with E-state index in [0.29, 0.717) is 25.6 Å². The van der Waals surface area contributed by atoms with E-state index in [1.54, 1.807) is 17.0 Å². The van der Waals surface area contributed by atoms with Gasteiger partial charge >= 0.3 is 0 Å². The summed E-state index contributed by atoms with van der Waals surface area (Å²) >= 11 is 0. The predicted octanol–water partition coefficient (Wildman–Crippen LogP) is 0.419. The van der Waals surface area contributed by atoms with Crippen LogP contribution in [0.2, 0.25) is 0 Å². The molecular weight excluding hydrogens is 234 g/mol. The number of aliphatic hydroxyl groups excluding tert-OH is 1. The zero-order valence-electron chi connectivity index (χ0n) is 11.1. The van der Waals surface area contributed by atoms with Gasteiger partial charge in [-0.1, -0.05) is 0 Å². The Balaban J connectivity index is 2.65. The zero-order chi connectivity index (χ0) is 13.6. The maximum Gasteiger partial charge on any atom is 0.293 e. The summed E-state index contributed by atoms with van der Waals surface area (Å²) < 4.78 is 6.73. The number of aliphatic hydroxyl groups is 1. The van der Waals surface area contributed by atoms with Gasteiger partial charge in [-0.3, -0.25) is 4.79 Å². The molecule has 1 rings (SSSR count). The van der Waals surface area contributed by atoms with Crippen molar-refractivity contribution >= 4 is 5.82 Å². The number of hydrogen-bond acceptors (Lipinski definition) is 5. The van der Waals surface area contributed by atoms with Crippen molar-refractivity contribution in [1.82, 2.24) is 9.55 Å². The van der Waals surface area contributed by atoms with Gasteiger partial charge in [-0.2, -0.15) is 0 Å². The maximum absolute atomic E-state index is 12.1. The first-order valence-corrected chi connectivity index (χ1v) is 5.97. The fraction of sp³-hybridized carbons (Fsp3) is 0.667. The average Bonchev–Trinajstić information content (AvgIpc) is 2.29. The molecule has 6 nitrogen and oxygen atoms in total. The molecule has 0 atom stereocenters. The lowest BCUT2D eigenvalue weighted by Gasteiger charge is -2.22. The van der Waals surface area contributed by atoms with E-state index in [1.807, 2.05) is 20.8 Å². The summed E-state index contributed by atoms with van der Waals surface area (Å²) in [4.78, 5) is 16.1. The first-order valence-electron chi connectivity index (χ1n) is 5.97. The standard InChI is InChI=1S/C12H21N3O3/c1-12(2,3)15-6-4-13-10(11(15)17)14-5-8-18-9-7-16/h4,6,16H,5,7-9H2,1-3H3,(H,13,14). The second kappa shape index (κ2) is 6.51. The zero-order valence-corrected chi connectivity index (χ0v) is 11.1. The Hall–Kier alpha value is -1.40. The van der Waals surface area contributed by atoms with Crippen LogP contribution in [-0.2, 0) is 10.3 Å². The molecule has 1 heterocycles. The van der Waals surface area contributed by atoms with Crippen molar-refractivity contribution in [3.05, 3.63) is 22.7 Å². The van der Waals surface area contributed by atoms with Crippen molar-refractivity contribution in [3.8, 4) is 0 Å². The van der Waals surface area contributed by atoms with Gasteiger partial charge < -0.3 is 19.7 Å². The van der Waals surface area contributed by atoms with Crippen LogP contribution in [0.1, 0.15) is 20.8 Å². The molecule has 0 aromatic carbocycles. The van der Waals surface area contributed by atoms with Gasteiger partial charge in [-0.25, -0.2) is 4.98 Å². The minimum atomic E-state index is -0.274. The van der Waals surface area contributed by atoms with Crippen LogP contribution >= 0.6 is 0 Å². The van der Waals surface area contributed by atoms with Crippen LogP contribution in [-0.4, -0.2) is 41.0 Å². The van der Waals surface area contributed by atoms with E-state index >= 15 is 0 Å². The first-order chi connectivity index (χ1) is 8.46. The minimum absolute atomic E-state index is 0.000413. The number of anilines is 1. The Bertz CT molecular complexity index is 423. The topological polar surface area (TPSA) is 76.4 Å². The summed E-state index contributed by atoms with van der Waals surface area (Å²) in [6, 6.07) is 0. The summed E-state index contributed by atoms with van der Waals surface area (Å²) in [5, 5.41) is 11.5. The van der Waals surface area contributed by atoms with Crippen LogP contribution in [0.3, 0.4) is 0 Å². The van der Waals surface area contributed by atoms with Crippen molar-refractivity contribution in [3.63, 3.8) is 0 Å². The number of ether oxygens (including phenoxy) is 1. The smallest absolute Gasteiger partial charge is 0.293 e. The van der Waals surface area contributed by atoms with Crippen molar-refractivity contribution in [2.75, 3.05) is 31.7 Å². The van der Waals surface area contributed by atoms with E-state index in [1.165, 1.54) is 0 Å². The van der Waals surface area contributed by atoms with Crippen LogP contribution in [0.25, 0.3) is 0 Å². The summed E-state index contributed by atoms with van der Waals surface area (Å²) in [5.74, 6) is 0.319. The highest BCUT2D eigenvalue weighted by Gasteiger charge is 2.16. The number of rotatable bonds is 6. The van der Waals surface area contributed by atoms with Crippen LogP contribution in [0, 0.1) is 0 Å². The summed E-state index contributed by atoms with van der Waals surface area (Å²) in [7, 11) is 0. The van der Waals surface area contributed by atoms with Gasteiger partial charge in [0.1, 0.15) is 0 Å². The molecule has 6 heteroatoms. The van der Waals surface area contributed by atoms with Gasteiger partial charge in [0.2, 0.25) is 0 Å². The molecule has 2 N–H and O–H groups in total. The molecular formula is C12H21N3O3. The molecule has 1 aromatic rings. The molecule has 102 valence electrons. The molecule has 0 aliphatic carbocycles. The Kier molecular flexibility index (Phi) is 5.30. The molecule has 0 saturated carbocycles. The van der Waals surface area contributed by atoms with Gasteiger partial charge in [0.05, 0.1) is 19.8 Å². The molecule has 0 fully saturated rings. The van der Waals surface area contributed by atoms with E-state index in [2.05, 4.69) is 10.3 Å². The number of nitrogens with zero attached hydrogens (tertiary/aromatic N) is 2. The molecule has 0 unspecified atom stereocenters. The number of aromatic nitrogens is 2. The second-order valence-corrected chi connectivity index (χ2v) is 4.88. The normalized spacial score (nSPS) is 11.6. The van der Waals surface area contributed by atoms with E-state index in [9.17, 15) is 4.79 Å². The lowest BCUT2D eigenvalue weighted by Crippen LogP contribution is -2.35. The lowest BCUT2D eigenvalue weighted by molar-refractivity contribution is 0.0991. The molecule has 0 aliphatic rings. The van der Waals surface area contributed by atoms with Crippen molar-refractivity contribution in [2.45, 2.75) is 26.3 Å². The largest absolute Gasteiger partial charge is 0.394 e. The SMILES string of the molecule is CC(C)(C)n1ccnc(NCCOCCO)c1=O. The molecule has 1 aromatic heterocycles. The minimum Gasteiger partial charge on any atom is -0.394 e. The summed E-state index contributed by atoms with van der Waals surface area (Å²) in [6.45, 7) is 7.09. The van der Waals surface area contributed by atoms with Crippen molar-refractivity contribution < 1.29 is 9.84 Å². The third kappa shape index (κ3) is 4.12. The van der Waals surface area contributed by atoms with E-state index in [4.69, 9.17) is 9.84 Å². The van der Waals surface area contributed by atoms with Crippen molar-refractivity contribution in [2.24, 2.45) is 0 Å². The molecule has 0 radical (unpaired) electrons. The third-order valence-corrected chi connectivity index (χ3v) is 2.34. The lowest BCUT2D eigenvalue weighted by atomic mass is 10.1. The Morgan fingerprint density at radius 3 is 2.78 bits per heavy atom. The Morgan fingerprint density at radius 2 is 2.17 bits per heavy atom. The fourth-order valence-corrected chi connectivity index (χ4v) is 1.47. The van der Waals surface area contributed by atoms with E-state index in [-0.39, 0.29) is 17.7 Å². The first kappa shape index (κ1) is 14.7. The van der Waals surface area contributed by atoms with Crippen LogP contribution in [0.15, 0.2) is 17.2 Å². The van der Waals surface area contributed by atoms with E-state index in [0.717, 1.165) is 0 Å². The van der Waals surface area contributed by atoms with Crippen LogP contribution in [0.5, 0.6) is 0 Å². The van der Waals surface area contributed by atoms with Gasteiger partial charge in [0.15, 0.2) is 5.82 Å². The van der Waals surface area contributed by atoms with E-state index < -0.39 is 0 Å². The van der Waals surface area contributed by atoms with Gasteiger partial charge in [-0.15, -0.1) is 0 Å². The molecule has 0 bridgehead atoms. The third-order valence-electron chi connectivity index (χ3n) is 2.34. The summed E-state index contributed by atoms with van der Waals surface area (Å²) in [5.41, 5.74) is -0.420. The average molecular weight is 255 g/mol. The highest BCUT2D eigenvalue weighted by Crippen LogP contribution is 2.10. The van der Waals surface area contributed by atoms with Crippen molar-refractivity contribution in [1.29, 1.82) is 0 Å². The van der Waals surface area contributed by atoms with Gasteiger partial charge in [0.25, 0.3) is 5.56 Å². The monoisotopic (exact) mass is 255 g/mol. The number of nitrogens with one attached hydrogen (secondary N) is 1. The molecule has 0 amide bonds. The predicted molar refractivity (Wildman–Crippen MR) is 69.9 cm³/mol. The summed E-state index contributed by atoms with van der Waals surface area (Å²) in [6.07, 6.45) is 3.28. The number of hydrogen-bond donors (Lipinski definition) is 2. The molecule has 0 spiro atoms. The van der Waals surface area contributed by atoms with Gasteiger partial charge in [-0.05, 0) is 20.8 Å². The van der Waals surface area contributed by atoms with Gasteiger partial charge in [0, 0.05) is 24.5 Å². The Morgan fingerprint density at radius 1 is 1.44 bits per heavy atom. The maximum atomic E-state index is 12.1.